The van der Waals surface area contributed by atoms with E-state index in [1.165, 1.54) is 16.7 Å². The third-order valence-corrected chi connectivity index (χ3v) is 2.80. The lowest BCUT2D eigenvalue weighted by molar-refractivity contribution is 1.43. The third kappa shape index (κ3) is 2.73. The van der Waals surface area contributed by atoms with Crippen molar-refractivity contribution in [3.05, 3.63) is 83.9 Å². The molecule has 2 aromatic rings. The van der Waals surface area contributed by atoms with Crippen molar-refractivity contribution >= 4 is 11.6 Å². The smallest absolute Gasteiger partial charge is 0.0155 e. The predicted molar refractivity (Wildman–Crippen MR) is 75.7 cm³/mol. The molecule has 0 heterocycles. The number of benzene rings is 2. The SMILES string of the molecule is C=CC(=Cc1ccccc1)c1ccccc1C. The van der Waals surface area contributed by atoms with E-state index in [0.29, 0.717) is 0 Å². The Morgan fingerprint density at radius 1 is 0.941 bits per heavy atom. The van der Waals surface area contributed by atoms with Gasteiger partial charge in [0.25, 0.3) is 0 Å². The Hall–Kier alpha value is -2.08. The summed E-state index contributed by atoms with van der Waals surface area (Å²) in [6.07, 6.45) is 4.07. The molecule has 84 valence electrons. The highest BCUT2D eigenvalue weighted by Crippen LogP contribution is 2.22. The summed E-state index contributed by atoms with van der Waals surface area (Å²) in [7, 11) is 0. The standard InChI is InChI=1S/C17H16/c1-3-16(13-15-10-5-4-6-11-15)17-12-8-7-9-14(17)2/h3-13H,1H2,2H3. The molecule has 2 aromatic carbocycles. The quantitative estimate of drug-likeness (QED) is 0.518. The van der Waals surface area contributed by atoms with Crippen LogP contribution in [-0.2, 0) is 0 Å². The van der Waals surface area contributed by atoms with Crippen molar-refractivity contribution in [2.75, 3.05) is 0 Å². The van der Waals surface area contributed by atoms with Crippen LogP contribution in [0.3, 0.4) is 0 Å². The van der Waals surface area contributed by atoms with Crippen molar-refractivity contribution in [3.8, 4) is 0 Å². The molecule has 0 nitrogen and oxygen atoms in total. The minimum absolute atomic E-state index is 1.16. The molecule has 0 saturated carbocycles. The first-order valence-corrected chi connectivity index (χ1v) is 5.76. The number of rotatable bonds is 3. The molecule has 0 radical (unpaired) electrons. The fraction of sp³-hybridized carbons (Fsp3) is 0.0588. The summed E-state index contributed by atoms with van der Waals surface area (Å²) in [6, 6.07) is 18.7. The van der Waals surface area contributed by atoms with Crippen molar-refractivity contribution in [2.24, 2.45) is 0 Å². The lowest BCUT2D eigenvalue weighted by atomic mass is 9.98. The van der Waals surface area contributed by atoms with Crippen LogP contribution in [0.1, 0.15) is 16.7 Å². The first kappa shape index (κ1) is 11.4. The number of hydrogen-bond acceptors (Lipinski definition) is 0. The van der Waals surface area contributed by atoms with Crippen molar-refractivity contribution < 1.29 is 0 Å². The lowest BCUT2D eigenvalue weighted by Gasteiger charge is -2.06. The van der Waals surface area contributed by atoms with Gasteiger partial charge in [-0.15, -0.1) is 0 Å². The summed E-state index contributed by atoms with van der Waals surface area (Å²) < 4.78 is 0. The second kappa shape index (κ2) is 5.31. The van der Waals surface area contributed by atoms with Crippen LogP contribution >= 0.6 is 0 Å². The van der Waals surface area contributed by atoms with Crippen LogP contribution in [0.15, 0.2) is 67.3 Å². The highest BCUT2D eigenvalue weighted by Gasteiger charge is 2.00. The van der Waals surface area contributed by atoms with E-state index >= 15 is 0 Å². The molecule has 0 aliphatic carbocycles. The zero-order valence-corrected chi connectivity index (χ0v) is 10.1. The summed E-state index contributed by atoms with van der Waals surface area (Å²) in [5.74, 6) is 0. The highest BCUT2D eigenvalue weighted by atomic mass is 14.0. The second-order valence-electron chi connectivity index (χ2n) is 4.03. The molecular formula is C17H16. The van der Waals surface area contributed by atoms with Gasteiger partial charge in [-0.1, -0.05) is 67.3 Å². The van der Waals surface area contributed by atoms with Crippen LogP contribution in [0.25, 0.3) is 11.6 Å². The first-order chi connectivity index (χ1) is 8.31. The number of hydrogen-bond donors (Lipinski definition) is 0. The van der Waals surface area contributed by atoms with Gasteiger partial charge in [0.1, 0.15) is 0 Å². The van der Waals surface area contributed by atoms with E-state index in [4.69, 9.17) is 0 Å². The number of aryl methyl sites for hydroxylation is 1. The van der Waals surface area contributed by atoms with Gasteiger partial charge < -0.3 is 0 Å². The molecule has 0 aromatic heterocycles. The van der Waals surface area contributed by atoms with Gasteiger partial charge >= 0.3 is 0 Å². The normalized spacial score (nSPS) is 11.2. The molecule has 17 heavy (non-hydrogen) atoms. The van der Waals surface area contributed by atoms with E-state index in [9.17, 15) is 0 Å². The van der Waals surface area contributed by atoms with Gasteiger partial charge in [-0.25, -0.2) is 0 Å². The molecule has 0 spiro atoms. The summed E-state index contributed by atoms with van der Waals surface area (Å²) in [5, 5.41) is 0. The van der Waals surface area contributed by atoms with Crippen molar-refractivity contribution in [1.82, 2.24) is 0 Å². The average molecular weight is 220 g/mol. The molecule has 0 bridgehead atoms. The molecule has 0 N–H and O–H groups in total. The number of allylic oxidation sites excluding steroid dienone is 2. The maximum atomic E-state index is 3.91. The van der Waals surface area contributed by atoms with Gasteiger partial charge in [-0.05, 0) is 35.3 Å². The van der Waals surface area contributed by atoms with Crippen LogP contribution in [0.2, 0.25) is 0 Å². The maximum absolute atomic E-state index is 3.91. The van der Waals surface area contributed by atoms with Gasteiger partial charge in [0, 0.05) is 0 Å². The Labute approximate surface area is 103 Å². The lowest BCUT2D eigenvalue weighted by Crippen LogP contribution is -1.85. The Kier molecular flexibility index (Phi) is 3.56. The Morgan fingerprint density at radius 3 is 2.24 bits per heavy atom. The molecule has 0 aliphatic heterocycles. The molecule has 0 amide bonds. The van der Waals surface area contributed by atoms with E-state index in [-0.39, 0.29) is 0 Å². The zero-order valence-electron chi connectivity index (χ0n) is 10.1. The zero-order chi connectivity index (χ0) is 12.1. The summed E-state index contributed by atoms with van der Waals surface area (Å²) in [5.41, 5.74) is 4.88. The Bertz CT molecular complexity index is 533. The minimum atomic E-state index is 1.16. The monoisotopic (exact) mass is 220 g/mol. The Balaban J connectivity index is 2.45. The molecule has 2 rings (SSSR count). The van der Waals surface area contributed by atoms with Crippen molar-refractivity contribution in [3.63, 3.8) is 0 Å². The van der Waals surface area contributed by atoms with E-state index in [2.05, 4.69) is 56.0 Å². The van der Waals surface area contributed by atoms with Gasteiger partial charge in [0.2, 0.25) is 0 Å². The average Bonchev–Trinajstić information content (AvgIpc) is 2.38. The largest absolute Gasteiger partial charge is 0.0984 e. The molecule has 0 atom stereocenters. The van der Waals surface area contributed by atoms with Gasteiger partial charge in [-0.2, -0.15) is 0 Å². The van der Waals surface area contributed by atoms with Gasteiger partial charge in [0.15, 0.2) is 0 Å². The highest BCUT2D eigenvalue weighted by molar-refractivity contribution is 5.88. The van der Waals surface area contributed by atoms with Crippen LogP contribution in [0.5, 0.6) is 0 Å². The molecule has 0 unspecified atom stereocenters. The van der Waals surface area contributed by atoms with Gasteiger partial charge in [-0.3, -0.25) is 0 Å². The van der Waals surface area contributed by atoms with Crippen molar-refractivity contribution in [2.45, 2.75) is 6.92 Å². The molecule has 0 heteroatoms. The second-order valence-corrected chi connectivity index (χ2v) is 4.03. The maximum Gasteiger partial charge on any atom is -0.0155 e. The van der Waals surface area contributed by atoms with Crippen molar-refractivity contribution in [1.29, 1.82) is 0 Å². The van der Waals surface area contributed by atoms with Crippen LogP contribution in [0.4, 0.5) is 0 Å². The Morgan fingerprint density at radius 2 is 1.59 bits per heavy atom. The van der Waals surface area contributed by atoms with E-state index in [0.717, 1.165) is 5.57 Å². The predicted octanol–water partition coefficient (Wildman–Crippen LogP) is 4.72. The third-order valence-electron chi connectivity index (χ3n) is 2.80. The molecular weight excluding hydrogens is 204 g/mol. The van der Waals surface area contributed by atoms with E-state index in [1.54, 1.807) is 0 Å². The van der Waals surface area contributed by atoms with Crippen LogP contribution in [-0.4, -0.2) is 0 Å². The first-order valence-electron chi connectivity index (χ1n) is 5.76. The summed E-state index contributed by atoms with van der Waals surface area (Å²) >= 11 is 0. The molecule has 0 fully saturated rings. The van der Waals surface area contributed by atoms with Gasteiger partial charge in [0.05, 0.1) is 0 Å². The fourth-order valence-corrected chi connectivity index (χ4v) is 1.87. The van der Waals surface area contributed by atoms with E-state index in [1.807, 2.05) is 24.3 Å². The summed E-state index contributed by atoms with van der Waals surface area (Å²) in [6.45, 7) is 6.03. The molecule has 0 saturated heterocycles. The topological polar surface area (TPSA) is 0 Å². The minimum Gasteiger partial charge on any atom is -0.0984 e. The van der Waals surface area contributed by atoms with Crippen LogP contribution < -0.4 is 0 Å². The summed E-state index contributed by atoms with van der Waals surface area (Å²) in [4.78, 5) is 0. The fourth-order valence-electron chi connectivity index (χ4n) is 1.87. The van der Waals surface area contributed by atoms with Crippen LogP contribution in [0, 0.1) is 6.92 Å². The van der Waals surface area contributed by atoms with E-state index < -0.39 is 0 Å². The molecule has 0 aliphatic rings.